The zero-order chi connectivity index (χ0) is 21.3. The predicted molar refractivity (Wildman–Crippen MR) is 115 cm³/mol. The van der Waals surface area contributed by atoms with E-state index in [0.717, 1.165) is 18.4 Å². The van der Waals surface area contributed by atoms with Gasteiger partial charge in [-0.1, -0.05) is 25.1 Å². The lowest BCUT2D eigenvalue weighted by Crippen LogP contribution is -2.37. The molecule has 0 spiro atoms. The molecule has 2 heterocycles. The number of carbonyl (C=O) groups is 2. The van der Waals surface area contributed by atoms with Crippen LogP contribution in [0.5, 0.6) is 0 Å². The molecule has 2 amide bonds. The first-order valence-electron chi connectivity index (χ1n) is 10.1. The molecule has 0 saturated carbocycles. The second-order valence-electron chi connectivity index (χ2n) is 7.99. The topological polar surface area (TPSA) is 95.6 Å². The molecule has 7 nitrogen and oxygen atoms in total. The zero-order valence-electron chi connectivity index (χ0n) is 16.8. The summed E-state index contributed by atoms with van der Waals surface area (Å²) in [5, 5.41) is 5.59. The summed E-state index contributed by atoms with van der Waals surface area (Å²) < 4.78 is 27.2. The number of hydrogen-bond donors (Lipinski definition) is 2. The van der Waals surface area contributed by atoms with Crippen LogP contribution >= 0.6 is 0 Å². The Morgan fingerprint density at radius 2 is 1.73 bits per heavy atom. The first-order chi connectivity index (χ1) is 14.3. The van der Waals surface area contributed by atoms with Crippen molar-refractivity contribution >= 4 is 33.2 Å². The van der Waals surface area contributed by atoms with Crippen molar-refractivity contribution in [3.05, 3.63) is 54.1 Å². The number of nitrogens with one attached hydrogen (secondary N) is 2. The molecule has 0 radical (unpaired) electrons. The number of hydrogen-bond acceptors (Lipinski definition) is 4. The van der Waals surface area contributed by atoms with Gasteiger partial charge in [0.25, 0.3) is 0 Å². The highest BCUT2D eigenvalue weighted by Crippen LogP contribution is 2.33. The zero-order valence-corrected chi connectivity index (χ0v) is 17.6. The van der Waals surface area contributed by atoms with E-state index in [1.54, 1.807) is 18.2 Å². The van der Waals surface area contributed by atoms with Gasteiger partial charge in [0.2, 0.25) is 21.8 Å². The fourth-order valence-electron chi connectivity index (χ4n) is 3.96. The quantitative estimate of drug-likeness (QED) is 0.783. The minimum atomic E-state index is -3.53. The van der Waals surface area contributed by atoms with Gasteiger partial charge < -0.3 is 10.6 Å². The number of benzene rings is 2. The number of fused-ring (bicyclic) bond motifs is 1. The molecular weight excluding hydrogens is 402 g/mol. The van der Waals surface area contributed by atoms with Crippen LogP contribution in [0.15, 0.2) is 53.4 Å². The molecule has 2 N–H and O–H groups in total. The molecule has 2 aliphatic rings. The van der Waals surface area contributed by atoms with E-state index in [2.05, 4.69) is 17.6 Å². The van der Waals surface area contributed by atoms with Gasteiger partial charge >= 0.3 is 0 Å². The summed E-state index contributed by atoms with van der Waals surface area (Å²) in [6, 6.07) is 13.5. The maximum atomic E-state index is 12.8. The standard InChI is InChI=1S/C22H25N3O4S/c1-15-10-12-25(13-11-15)30(28,29)17-8-6-16(7-9-17)23-22(27)19-14-21(26)24-20-5-3-2-4-18(19)20/h2-9,15,19H,10-14H2,1H3,(H,23,27)(H,24,26). The summed E-state index contributed by atoms with van der Waals surface area (Å²) in [6.45, 7) is 3.20. The van der Waals surface area contributed by atoms with Gasteiger partial charge in [-0.05, 0) is 54.7 Å². The summed E-state index contributed by atoms with van der Waals surface area (Å²) in [7, 11) is -3.53. The van der Waals surface area contributed by atoms with Gasteiger partial charge in [0, 0.05) is 30.9 Å². The summed E-state index contributed by atoms with van der Waals surface area (Å²) in [5.41, 5.74) is 1.91. The molecule has 1 unspecified atom stereocenters. The van der Waals surface area contributed by atoms with Gasteiger partial charge in [-0.25, -0.2) is 8.42 Å². The third-order valence-corrected chi connectivity index (χ3v) is 7.73. The Hall–Kier alpha value is -2.71. The first kappa shape index (κ1) is 20.6. The van der Waals surface area contributed by atoms with Gasteiger partial charge in [0.05, 0.1) is 10.8 Å². The highest BCUT2D eigenvalue weighted by molar-refractivity contribution is 7.89. The Balaban J connectivity index is 1.48. The lowest BCUT2D eigenvalue weighted by Gasteiger charge is -2.29. The molecule has 0 aliphatic carbocycles. The molecule has 0 aromatic heterocycles. The molecule has 0 bridgehead atoms. The van der Waals surface area contributed by atoms with Crippen LogP contribution in [0.3, 0.4) is 0 Å². The Morgan fingerprint density at radius 3 is 2.43 bits per heavy atom. The van der Waals surface area contributed by atoms with Crippen molar-refractivity contribution in [3.8, 4) is 0 Å². The highest BCUT2D eigenvalue weighted by Gasteiger charge is 2.31. The molecule has 1 fully saturated rings. The lowest BCUT2D eigenvalue weighted by atomic mass is 9.90. The van der Waals surface area contributed by atoms with E-state index >= 15 is 0 Å². The molecule has 158 valence electrons. The summed E-state index contributed by atoms with van der Waals surface area (Å²) in [6.07, 6.45) is 1.80. The van der Waals surface area contributed by atoms with Crippen molar-refractivity contribution in [2.75, 3.05) is 23.7 Å². The second-order valence-corrected chi connectivity index (χ2v) is 9.93. The van der Waals surface area contributed by atoms with Gasteiger partial charge in [0.15, 0.2) is 0 Å². The van der Waals surface area contributed by atoms with Crippen LogP contribution in [0.2, 0.25) is 0 Å². The Kier molecular flexibility index (Phi) is 5.62. The number of rotatable bonds is 4. The van der Waals surface area contributed by atoms with Crippen LogP contribution < -0.4 is 10.6 Å². The average Bonchev–Trinajstić information content (AvgIpc) is 2.73. The number of para-hydroxylation sites is 1. The Labute approximate surface area is 176 Å². The van der Waals surface area contributed by atoms with E-state index in [0.29, 0.717) is 30.4 Å². The predicted octanol–water partition coefficient (Wildman–Crippen LogP) is 3.17. The van der Waals surface area contributed by atoms with Crippen LogP contribution in [-0.2, 0) is 19.6 Å². The third-order valence-electron chi connectivity index (χ3n) is 5.82. The minimum Gasteiger partial charge on any atom is -0.326 e. The van der Waals surface area contributed by atoms with Gasteiger partial charge in [-0.3, -0.25) is 9.59 Å². The molecule has 2 aliphatic heterocycles. The number of sulfonamides is 1. The average molecular weight is 428 g/mol. The fraction of sp³-hybridized carbons (Fsp3) is 0.364. The van der Waals surface area contributed by atoms with Crippen molar-refractivity contribution in [3.63, 3.8) is 0 Å². The maximum absolute atomic E-state index is 12.8. The van der Waals surface area contributed by atoms with E-state index in [1.165, 1.54) is 16.4 Å². The van der Waals surface area contributed by atoms with Crippen LogP contribution in [0.1, 0.15) is 37.7 Å². The molecule has 8 heteroatoms. The molecule has 1 saturated heterocycles. The third kappa shape index (κ3) is 4.11. The normalized spacial score (nSPS) is 20.3. The van der Waals surface area contributed by atoms with Gasteiger partial charge in [-0.15, -0.1) is 0 Å². The molecule has 1 atom stereocenters. The molecule has 2 aromatic rings. The molecule has 4 rings (SSSR count). The van der Waals surface area contributed by atoms with Crippen molar-refractivity contribution in [2.24, 2.45) is 5.92 Å². The second kappa shape index (κ2) is 8.20. The van der Waals surface area contributed by atoms with Gasteiger partial charge in [0.1, 0.15) is 0 Å². The van der Waals surface area contributed by atoms with Crippen molar-refractivity contribution < 1.29 is 18.0 Å². The van der Waals surface area contributed by atoms with Crippen molar-refractivity contribution in [2.45, 2.75) is 37.0 Å². The summed E-state index contributed by atoms with van der Waals surface area (Å²) in [4.78, 5) is 25.0. The fourth-order valence-corrected chi connectivity index (χ4v) is 5.43. The number of carbonyl (C=O) groups excluding carboxylic acids is 2. The largest absolute Gasteiger partial charge is 0.326 e. The maximum Gasteiger partial charge on any atom is 0.243 e. The lowest BCUT2D eigenvalue weighted by molar-refractivity contribution is -0.123. The van der Waals surface area contributed by atoms with Gasteiger partial charge in [-0.2, -0.15) is 4.31 Å². The van der Waals surface area contributed by atoms with E-state index in [9.17, 15) is 18.0 Å². The SMILES string of the molecule is CC1CCN(S(=O)(=O)c2ccc(NC(=O)C3CC(=O)Nc4ccccc43)cc2)CC1. The van der Waals surface area contributed by atoms with Crippen molar-refractivity contribution in [1.82, 2.24) is 4.31 Å². The van der Waals surface area contributed by atoms with E-state index in [-0.39, 0.29) is 23.1 Å². The monoisotopic (exact) mass is 427 g/mol. The smallest absolute Gasteiger partial charge is 0.243 e. The molecular formula is C22H25N3O4S. The number of anilines is 2. The Bertz CT molecular complexity index is 1060. The van der Waals surface area contributed by atoms with Crippen LogP contribution in [0.25, 0.3) is 0 Å². The summed E-state index contributed by atoms with van der Waals surface area (Å²) in [5.74, 6) is -0.543. The summed E-state index contributed by atoms with van der Waals surface area (Å²) >= 11 is 0. The van der Waals surface area contributed by atoms with E-state index in [1.807, 2.05) is 18.2 Å². The molecule has 2 aromatic carbocycles. The van der Waals surface area contributed by atoms with Crippen molar-refractivity contribution in [1.29, 1.82) is 0 Å². The molecule has 30 heavy (non-hydrogen) atoms. The van der Waals surface area contributed by atoms with E-state index in [4.69, 9.17) is 0 Å². The minimum absolute atomic E-state index is 0.0721. The van der Waals surface area contributed by atoms with E-state index < -0.39 is 15.9 Å². The van der Waals surface area contributed by atoms with Crippen LogP contribution in [0.4, 0.5) is 11.4 Å². The van der Waals surface area contributed by atoms with Crippen LogP contribution in [-0.4, -0.2) is 37.6 Å². The first-order valence-corrected chi connectivity index (χ1v) is 11.6. The highest BCUT2D eigenvalue weighted by atomic mass is 32.2. The van der Waals surface area contributed by atoms with Crippen LogP contribution in [0, 0.1) is 5.92 Å². The number of piperidine rings is 1. The number of nitrogens with zero attached hydrogens (tertiary/aromatic N) is 1. The number of amides is 2. The Morgan fingerprint density at radius 1 is 1.07 bits per heavy atom.